The van der Waals surface area contributed by atoms with Crippen LogP contribution in [0.1, 0.15) is 24.6 Å². The van der Waals surface area contributed by atoms with Crippen molar-refractivity contribution in [3.05, 3.63) is 46.5 Å². The number of pyridine rings is 1. The van der Waals surface area contributed by atoms with E-state index < -0.39 is 0 Å². The molecule has 0 aliphatic heterocycles. The molecule has 6 heteroatoms. The summed E-state index contributed by atoms with van der Waals surface area (Å²) in [6.07, 6.45) is 0.525. The van der Waals surface area contributed by atoms with Gasteiger partial charge in [0.2, 0.25) is 0 Å². The van der Waals surface area contributed by atoms with Crippen molar-refractivity contribution in [2.45, 2.75) is 26.7 Å². The molecule has 1 aromatic carbocycles. The van der Waals surface area contributed by atoms with Crippen LogP contribution in [0, 0.1) is 12.7 Å². The Morgan fingerprint density at radius 1 is 1.35 bits per heavy atom. The summed E-state index contributed by atoms with van der Waals surface area (Å²) in [5.74, 6) is -0.646. The highest BCUT2D eigenvalue weighted by Crippen LogP contribution is 2.31. The second-order valence-corrected chi connectivity index (χ2v) is 6.15. The summed E-state index contributed by atoms with van der Waals surface area (Å²) in [4.78, 5) is 15.8. The number of hydrogen-bond acceptors (Lipinski definition) is 3. The van der Waals surface area contributed by atoms with E-state index in [0.717, 1.165) is 5.30 Å². The van der Waals surface area contributed by atoms with Gasteiger partial charge in [0.25, 0.3) is 0 Å². The lowest BCUT2D eigenvalue weighted by molar-refractivity contribution is -0.143. The molecular formula is C17H18ClFNO2P. The summed E-state index contributed by atoms with van der Waals surface area (Å²) in [6.45, 7) is 3.88. The topological polar surface area (TPSA) is 39.2 Å². The van der Waals surface area contributed by atoms with Gasteiger partial charge in [0.15, 0.2) is 0 Å². The van der Waals surface area contributed by atoms with Crippen LogP contribution in [0.3, 0.4) is 0 Å². The molecule has 0 aliphatic carbocycles. The van der Waals surface area contributed by atoms with E-state index in [1.807, 2.05) is 6.07 Å². The summed E-state index contributed by atoms with van der Waals surface area (Å²) in [5.41, 5.74) is 2.46. The van der Waals surface area contributed by atoms with Gasteiger partial charge < -0.3 is 4.74 Å². The third-order valence-electron chi connectivity index (χ3n) is 3.37. The van der Waals surface area contributed by atoms with E-state index in [0.29, 0.717) is 40.6 Å². The van der Waals surface area contributed by atoms with Gasteiger partial charge in [-0.25, -0.2) is 9.37 Å². The minimum absolute atomic E-state index is 0.175. The molecule has 0 aliphatic rings. The van der Waals surface area contributed by atoms with Gasteiger partial charge in [-0.2, -0.15) is 0 Å². The fraction of sp³-hybridized carbons (Fsp3) is 0.294. The van der Waals surface area contributed by atoms with Crippen molar-refractivity contribution in [3.8, 4) is 11.1 Å². The van der Waals surface area contributed by atoms with Crippen molar-refractivity contribution in [3.63, 3.8) is 0 Å². The van der Waals surface area contributed by atoms with Crippen LogP contribution < -0.4 is 5.30 Å². The predicted molar refractivity (Wildman–Crippen MR) is 93.7 cm³/mol. The van der Waals surface area contributed by atoms with Crippen molar-refractivity contribution in [2.75, 3.05) is 6.61 Å². The Morgan fingerprint density at radius 3 is 2.74 bits per heavy atom. The molecule has 0 bridgehead atoms. The molecule has 0 radical (unpaired) electrons. The third-order valence-corrected chi connectivity index (χ3v) is 4.04. The maximum Gasteiger partial charge on any atom is 0.306 e. The molecule has 0 spiro atoms. The first-order valence-corrected chi connectivity index (χ1v) is 8.25. The molecule has 3 nitrogen and oxygen atoms in total. The maximum atomic E-state index is 14.3. The molecule has 1 unspecified atom stereocenters. The lowest BCUT2D eigenvalue weighted by Crippen LogP contribution is -2.07. The van der Waals surface area contributed by atoms with E-state index in [-0.39, 0.29) is 18.2 Å². The highest BCUT2D eigenvalue weighted by atomic mass is 35.5. The third kappa shape index (κ3) is 4.49. The molecule has 0 fully saturated rings. The smallest absolute Gasteiger partial charge is 0.306 e. The molecule has 122 valence electrons. The highest BCUT2D eigenvalue weighted by Gasteiger charge is 2.16. The van der Waals surface area contributed by atoms with Crippen LogP contribution in [0.25, 0.3) is 11.1 Å². The Hall–Kier alpha value is -1.51. The average molecular weight is 354 g/mol. The van der Waals surface area contributed by atoms with Gasteiger partial charge in [0.05, 0.1) is 6.61 Å². The van der Waals surface area contributed by atoms with Crippen LogP contribution >= 0.6 is 20.8 Å². The van der Waals surface area contributed by atoms with Gasteiger partial charge in [-0.1, -0.05) is 23.7 Å². The zero-order valence-corrected chi connectivity index (χ0v) is 14.9. The molecule has 0 N–H and O–H groups in total. The van der Waals surface area contributed by atoms with E-state index in [4.69, 9.17) is 16.3 Å². The van der Waals surface area contributed by atoms with Gasteiger partial charge in [-0.3, -0.25) is 4.79 Å². The fourth-order valence-electron chi connectivity index (χ4n) is 2.35. The lowest BCUT2D eigenvalue weighted by atomic mass is 9.97. The highest BCUT2D eigenvalue weighted by molar-refractivity contribution is 7.27. The lowest BCUT2D eigenvalue weighted by Gasteiger charge is -2.13. The van der Waals surface area contributed by atoms with Crippen molar-refractivity contribution in [1.82, 2.24) is 4.98 Å². The Bertz CT molecular complexity index is 737. The summed E-state index contributed by atoms with van der Waals surface area (Å²) < 4.78 is 19.3. The molecule has 1 atom stereocenters. The normalized spacial score (nSPS) is 10.7. The maximum absolute atomic E-state index is 14.3. The number of halogens is 2. The van der Waals surface area contributed by atoms with E-state index in [1.165, 1.54) is 6.07 Å². The van der Waals surface area contributed by atoms with E-state index in [1.54, 1.807) is 26.0 Å². The number of rotatable bonds is 5. The van der Waals surface area contributed by atoms with Gasteiger partial charge in [-0.05, 0) is 48.8 Å². The summed E-state index contributed by atoms with van der Waals surface area (Å²) >= 11 is 6.24. The molecule has 0 saturated carbocycles. The molecule has 1 heterocycles. The van der Waals surface area contributed by atoms with Crippen molar-refractivity contribution >= 4 is 32.1 Å². The van der Waals surface area contributed by atoms with Crippen LogP contribution in [-0.2, 0) is 16.0 Å². The Balaban J connectivity index is 2.43. The van der Waals surface area contributed by atoms with Gasteiger partial charge in [0.1, 0.15) is 11.0 Å². The minimum atomic E-state index is -0.337. The van der Waals surface area contributed by atoms with Gasteiger partial charge >= 0.3 is 5.97 Å². The standard InChI is InChI=1S/C17H18ClFNO2P/c1-3-22-16(21)7-6-13-14(8-10(2)20-17(13)18)12-5-4-11(23)9-15(12)19/h4-5,8-9H,3,6-7,23H2,1-2H3. The van der Waals surface area contributed by atoms with Crippen LogP contribution in [-0.4, -0.2) is 17.6 Å². The van der Waals surface area contributed by atoms with Crippen LogP contribution in [0.4, 0.5) is 4.39 Å². The van der Waals surface area contributed by atoms with Crippen molar-refractivity contribution in [1.29, 1.82) is 0 Å². The number of aryl methyl sites for hydroxylation is 1. The number of nitrogens with zero attached hydrogens (tertiary/aromatic N) is 1. The second kappa shape index (κ2) is 7.85. The molecule has 23 heavy (non-hydrogen) atoms. The summed E-state index contributed by atoms with van der Waals surface area (Å²) in [6, 6.07) is 6.74. The van der Waals surface area contributed by atoms with E-state index in [9.17, 15) is 9.18 Å². The molecule has 2 rings (SSSR count). The van der Waals surface area contributed by atoms with Crippen LogP contribution in [0.15, 0.2) is 24.3 Å². The predicted octanol–water partition coefficient (Wildman–Crippen LogP) is 3.85. The number of ether oxygens (including phenoxy) is 1. The number of carbonyl (C=O) groups excluding carboxylic acids is 1. The molecule has 0 saturated heterocycles. The number of benzene rings is 1. The first-order chi connectivity index (χ1) is 10.9. The SMILES string of the molecule is CCOC(=O)CCc1c(-c2ccc(P)cc2F)cc(C)nc1Cl. The van der Waals surface area contributed by atoms with Crippen LogP contribution in [0.2, 0.25) is 5.15 Å². The van der Waals surface area contributed by atoms with Crippen molar-refractivity contribution < 1.29 is 13.9 Å². The van der Waals surface area contributed by atoms with E-state index >= 15 is 0 Å². The largest absolute Gasteiger partial charge is 0.466 e. The Labute approximate surface area is 142 Å². The number of esters is 1. The van der Waals surface area contributed by atoms with E-state index in [2.05, 4.69) is 14.2 Å². The Kier molecular flexibility index (Phi) is 6.09. The summed E-state index contributed by atoms with van der Waals surface area (Å²) in [7, 11) is 2.46. The zero-order valence-electron chi connectivity index (χ0n) is 13.0. The van der Waals surface area contributed by atoms with Gasteiger partial charge in [0, 0.05) is 17.7 Å². The molecule has 2 aromatic rings. The number of carbonyl (C=O) groups is 1. The monoisotopic (exact) mass is 353 g/mol. The first-order valence-electron chi connectivity index (χ1n) is 7.29. The zero-order chi connectivity index (χ0) is 17.0. The fourth-order valence-corrected chi connectivity index (χ4v) is 2.92. The first kappa shape index (κ1) is 17.8. The molecule has 1 aromatic heterocycles. The molecular weight excluding hydrogens is 336 g/mol. The van der Waals surface area contributed by atoms with Gasteiger partial charge in [-0.15, -0.1) is 9.24 Å². The number of aromatic nitrogens is 1. The quantitative estimate of drug-likeness (QED) is 0.465. The van der Waals surface area contributed by atoms with Crippen LogP contribution in [0.5, 0.6) is 0 Å². The number of hydrogen-bond donors (Lipinski definition) is 0. The Morgan fingerprint density at radius 2 is 2.09 bits per heavy atom. The summed E-state index contributed by atoms with van der Waals surface area (Å²) in [5, 5.41) is 1.05. The minimum Gasteiger partial charge on any atom is -0.466 e. The second-order valence-electron chi connectivity index (χ2n) is 5.12. The average Bonchev–Trinajstić information content (AvgIpc) is 2.46. The molecule has 0 amide bonds. The van der Waals surface area contributed by atoms with Crippen molar-refractivity contribution in [2.24, 2.45) is 0 Å².